The molecule has 34 heavy (non-hydrogen) atoms. The number of nitrogens with zero attached hydrogens (tertiary/aromatic N) is 3. The highest BCUT2D eigenvalue weighted by atomic mass is 35.5. The van der Waals surface area contributed by atoms with E-state index in [4.69, 9.17) is 26.0 Å². The van der Waals surface area contributed by atoms with E-state index in [0.717, 1.165) is 22.3 Å². The molecule has 0 saturated heterocycles. The molecular formula is C25H25ClN4O4. The van der Waals surface area contributed by atoms with Crippen LogP contribution in [-0.4, -0.2) is 52.6 Å². The van der Waals surface area contributed by atoms with Crippen LogP contribution in [-0.2, 0) is 16.1 Å². The van der Waals surface area contributed by atoms with Crippen LogP contribution < -0.4 is 5.32 Å². The number of hydrogen-bond acceptors (Lipinski definition) is 7. The van der Waals surface area contributed by atoms with Gasteiger partial charge in [-0.2, -0.15) is 4.98 Å². The normalized spacial score (nSPS) is 17.6. The number of allylic oxidation sites excluding steroid dienone is 1. The number of rotatable bonds is 9. The Balaban J connectivity index is 1.54. The molecule has 1 aliphatic heterocycles. The first-order valence-electron chi connectivity index (χ1n) is 10.8. The van der Waals surface area contributed by atoms with Crippen LogP contribution in [0, 0.1) is 6.92 Å². The second-order valence-corrected chi connectivity index (χ2v) is 8.43. The lowest BCUT2D eigenvalue weighted by Gasteiger charge is -2.20. The monoisotopic (exact) mass is 480 g/mol. The zero-order valence-electron chi connectivity index (χ0n) is 18.9. The Bertz CT molecular complexity index is 1240. The smallest absolute Gasteiger partial charge is 0.304 e. The van der Waals surface area contributed by atoms with Crippen molar-refractivity contribution in [2.24, 2.45) is 4.99 Å². The number of dihydropyridines is 1. The van der Waals surface area contributed by atoms with Crippen LogP contribution in [0.1, 0.15) is 23.4 Å². The van der Waals surface area contributed by atoms with Crippen LogP contribution in [0.4, 0.5) is 0 Å². The minimum Gasteiger partial charge on any atom is -0.481 e. The van der Waals surface area contributed by atoms with Crippen molar-refractivity contribution in [3.8, 4) is 22.6 Å². The zero-order valence-corrected chi connectivity index (χ0v) is 19.6. The second kappa shape index (κ2) is 10.7. The highest BCUT2D eigenvalue weighted by molar-refractivity contribution is 6.25. The number of aliphatic carboxylic acids is 1. The van der Waals surface area contributed by atoms with Gasteiger partial charge in [0.1, 0.15) is 6.17 Å². The number of halogens is 1. The fraction of sp³-hybridized carbons (Fsp3) is 0.280. The molecule has 3 aromatic rings. The SMILES string of the molecule is COCc1cc(-c2nc(C3=CC(Cl)C(NCCC(=O)O)N=C3)no2)ccc1-c1ccccc1C. The summed E-state index contributed by atoms with van der Waals surface area (Å²) in [6, 6.07) is 14.2. The van der Waals surface area contributed by atoms with Gasteiger partial charge in [0.2, 0.25) is 5.82 Å². The highest BCUT2D eigenvalue weighted by Gasteiger charge is 2.23. The number of carboxylic acid groups (broad SMARTS) is 1. The first-order chi connectivity index (χ1) is 16.5. The summed E-state index contributed by atoms with van der Waals surface area (Å²) in [5.74, 6) is -0.120. The summed E-state index contributed by atoms with van der Waals surface area (Å²) in [7, 11) is 1.67. The Kier molecular flexibility index (Phi) is 7.52. The predicted octanol–water partition coefficient (Wildman–Crippen LogP) is 4.32. The van der Waals surface area contributed by atoms with Crippen molar-refractivity contribution in [2.75, 3.05) is 13.7 Å². The quantitative estimate of drug-likeness (QED) is 0.439. The first kappa shape index (κ1) is 23.8. The Morgan fingerprint density at radius 1 is 1.24 bits per heavy atom. The number of alkyl halides is 1. The minimum atomic E-state index is -0.880. The Morgan fingerprint density at radius 3 is 2.79 bits per heavy atom. The van der Waals surface area contributed by atoms with Gasteiger partial charge in [0, 0.05) is 31.0 Å². The van der Waals surface area contributed by atoms with Gasteiger partial charge in [0.25, 0.3) is 5.89 Å². The van der Waals surface area contributed by atoms with Crippen molar-refractivity contribution in [1.82, 2.24) is 15.5 Å². The molecule has 0 amide bonds. The van der Waals surface area contributed by atoms with E-state index in [1.165, 1.54) is 5.56 Å². The van der Waals surface area contributed by atoms with Gasteiger partial charge in [-0.05, 0) is 41.3 Å². The van der Waals surface area contributed by atoms with Crippen molar-refractivity contribution in [1.29, 1.82) is 0 Å². The zero-order chi connectivity index (χ0) is 24.1. The summed E-state index contributed by atoms with van der Waals surface area (Å²) in [5.41, 5.74) is 5.87. The van der Waals surface area contributed by atoms with Crippen LogP contribution in [0.3, 0.4) is 0 Å². The molecule has 0 fully saturated rings. The molecule has 2 aromatic carbocycles. The Morgan fingerprint density at radius 2 is 2.06 bits per heavy atom. The van der Waals surface area contributed by atoms with E-state index in [1.54, 1.807) is 19.4 Å². The summed E-state index contributed by atoms with van der Waals surface area (Å²) in [5, 5.41) is 15.4. The van der Waals surface area contributed by atoms with E-state index < -0.39 is 17.5 Å². The third kappa shape index (κ3) is 5.41. The maximum Gasteiger partial charge on any atom is 0.304 e. The molecule has 2 heterocycles. The predicted molar refractivity (Wildman–Crippen MR) is 131 cm³/mol. The van der Waals surface area contributed by atoms with Crippen LogP contribution in [0.25, 0.3) is 28.2 Å². The number of hydrogen-bond donors (Lipinski definition) is 2. The largest absolute Gasteiger partial charge is 0.481 e. The molecule has 0 saturated carbocycles. The number of aromatic nitrogens is 2. The van der Waals surface area contributed by atoms with E-state index >= 15 is 0 Å². The van der Waals surface area contributed by atoms with E-state index in [-0.39, 0.29) is 13.0 Å². The molecule has 2 N–H and O–H groups in total. The molecule has 0 radical (unpaired) electrons. The number of aliphatic imine (C=N–C) groups is 1. The Hall–Kier alpha value is -3.33. The molecule has 8 nitrogen and oxygen atoms in total. The number of carbonyl (C=O) groups is 1. The molecule has 2 unspecified atom stereocenters. The summed E-state index contributed by atoms with van der Waals surface area (Å²) in [6.45, 7) is 2.80. The van der Waals surface area contributed by atoms with Crippen molar-refractivity contribution in [3.63, 3.8) is 0 Å². The lowest BCUT2D eigenvalue weighted by Crippen LogP contribution is -2.37. The van der Waals surface area contributed by atoms with Gasteiger partial charge in [-0.3, -0.25) is 15.1 Å². The van der Waals surface area contributed by atoms with Crippen molar-refractivity contribution < 1.29 is 19.2 Å². The van der Waals surface area contributed by atoms with Gasteiger partial charge in [-0.25, -0.2) is 0 Å². The molecule has 1 aliphatic rings. The first-order valence-corrected chi connectivity index (χ1v) is 11.3. The molecule has 2 atom stereocenters. The van der Waals surface area contributed by atoms with Crippen molar-refractivity contribution >= 4 is 29.4 Å². The van der Waals surface area contributed by atoms with E-state index in [2.05, 4.69) is 39.5 Å². The topological polar surface area (TPSA) is 110 Å². The molecule has 0 spiro atoms. The average molecular weight is 481 g/mol. The summed E-state index contributed by atoms with van der Waals surface area (Å²) in [6.07, 6.45) is 2.97. The third-order valence-corrected chi connectivity index (χ3v) is 5.84. The summed E-state index contributed by atoms with van der Waals surface area (Å²) >= 11 is 6.41. The molecule has 1 aromatic heterocycles. The van der Waals surface area contributed by atoms with Gasteiger partial charge < -0.3 is 14.4 Å². The van der Waals surface area contributed by atoms with Crippen molar-refractivity contribution in [3.05, 3.63) is 65.5 Å². The van der Waals surface area contributed by atoms with Gasteiger partial charge in [0.15, 0.2) is 0 Å². The molecule has 4 rings (SSSR count). The van der Waals surface area contributed by atoms with Crippen molar-refractivity contribution in [2.45, 2.75) is 31.5 Å². The van der Waals surface area contributed by atoms with Crippen LogP contribution in [0.2, 0.25) is 0 Å². The molecule has 176 valence electrons. The van der Waals surface area contributed by atoms with E-state index in [0.29, 0.717) is 23.9 Å². The number of benzene rings is 2. The maximum atomic E-state index is 10.7. The second-order valence-electron chi connectivity index (χ2n) is 7.93. The average Bonchev–Trinajstić information content (AvgIpc) is 3.31. The standard InChI is InChI=1S/C25H25ClN4O4/c1-15-5-3-4-6-19(15)20-8-7-16(11-18(20)14-33-2)25-29-23(30-34-25)17-12-21(26)24(28-13-17)27-10-9-22(31)32/h3-8,11-13,21,24,27H,9-10,14H2,1-2H3,(H,31,32). The lowest BCUT2D eigenvalue weighted by atomic mass is 9.94. The fourth-order valence-corrected chi connectivity index (χ4v) is 4.06. The molecule has 9 heteroatoms. The van der Waals surface area contributed by atoms with Crippen LogP contribution in [0.15, 0.2) is 58.1 Å². The Labute approximate surface area is 202 Å². The van der Waals surface area contributed by atoms with Crippen LogP contribution >= 0.6 is 11.6 Å². The molecular weight excluding hydrogens is 456 g/mol. The van der Waals surface area contributed by atoms with Crippen LogP contribution in [0.5, 0.6) is 0 Å². The summed E-state index contributed by atoms with van der Waals surface area (Å²) < 4.78 is 11.0. The maximum absolute atomic E-state index is 10.7. The van der Waals surface area contributed by atoms with Gasteiger partial charge in [-0.15, -0.1) is 11.6 Å². The lowest BCUT2D eigenvalue weighted by molar-refractivity contribution is -0.136. The van der Waals surface area contributed by atoms with E-state index in [1.807, 2.05) is 30.3 Å². The van der Waals surface area contributed by atoms with Gasteiger partial charge in [-0.1, -0.05) is 41.6 Å². The summed E-state index contributed by atoms with van der Waals surface area (Å²) in [4.78, 5) is 19.6. The number of methoxy groups -OCH3 is 1. The number of nitrogens with one attached hydrogen (secondary N) is 1. The third-order valence-electron chi connectivity index (χ3n) is 5.48. The highest BCUT2D eigenvalue weighted by Crippen LogP contribution is 2.31. The number of carboxylic acids is 1. The number of aryl methyl sites for hydroxylation is 1. The van der Waals surface area contributed by atoms with Gasteiger partial charge >= 0.3 is 5.97 Å². The molecule has 0 bridgehead atoms. The number of ether oxygens (including phenoxy) is 1. The fourth-order valence-electron chi connectivity index (χ4n) is 3.77. The molecule has 0 aliphatic carbocycles. The minimum absolute atomic E-state index is 0.00586. The van der Waals surface area contributed by atoms with Gasteiger partial charge in [0.05, 0.1) is 18.4 Å². The van der Waals surface area contributed by atoms with E-state index in [9.17, 15) is 4.79 Å².